The van der Waals surface area contributed by atoms with Crippen LogP contribution in [0.2, 0.25) is 0 Å². The molecule has 1 saturated heterocycles. The Morgan fingerprint density at radius 3 is 2.68 bits per heavy atom. The lowest BCUT2D eigenvalue weighted by molar-refractivity contribution is -0.127. The number of fused-ring (bicyclic) bond motifs is 1. The van der Waals surface area contributed by atoms with Crippen molar-refractivity contribution >= 4 is 28.7 Å². The Morgan fingerprint density at radius 1 is 1.10 bits per heavy atom. The number of aromatic nitrogens is 1. The van der Waals surface area contributed by atoms with E-state index < -0.39 is 12.1 Å². The summed E-state index contributed by atoms with van der Waals surface area (Å²) in [5.41, 5.74) is 2.84. The second kappa shape index (κ2) is 8.99. The zero-order valence-corrected chi connectivity index (χ0v) is 16.9. The summed E-state index contributed by atoms with van der Waals surface area (Å²) < 4.78 is 12.9. The Kier molecular flexibility index (Phi) is 5.97. The van der Waals surface area contributed by atoms with Gasteiger partial charge in [0.15, 0.2) is 0 Å². The van der Waals surface area contributed by atoms with Gasteiger partial charge in [-0.1, -0.05) is 30.3 Å². The van der Waals surface area contributed by atoms with Crippen LogP contribution >= 0.6 is 0 Å². The van der Waals surface area contributed by atoms with E-state index in [1.165, 1.54) is 17.0 Å². The first-order valence-electron chi connectivity index (χ1n) is 10.2. The van der Waals surface area contributed by atoms with Gasteiger partial charge in [0.2, 0.25) is 5.91 Å². The summed E-state index contributed by atoms with van der Waals surface area (Å²) in [5.74, 6) is -0.875. The van der Waals surface area contributed by atoms with E-state index in [1.54, 1.807) is 12.1 Å². The zero-order valence-electron chi connectivity index (χ0n) is 16.9. The largest absolute Gasteiger partial charge is 0.361 e. The van der Waals surface area contributed by atoms with E-state index in [4.69, 9.17) is 0 Å². The lowest BCUT2D eigenvalue weighted by Gasteiger charge is -2.12. The number of aromatic amines is 1. The number of rotatable bonds is 8. The minimum absolute atomic E-state index is 0.105. The third-order valence-corrected chi connectivity index (χ3v) is 5.45. The molecule has 2 aromatic carbocycles. The summed E-state index contributed by atoms with van der Waals surface area (Å²) in [6.45, 7) is 0.556. The Hall–Kier alpha value is -3.68. The molecule has 160 valence electrons. The van der Waals surface area contributed by atoms with Crippen LogP contribution in [0.15, 0.2) is 54.7 Å². The fraction of sp³-hybridized carbons (Fsp3) is 0.261. The van der Waals surface area contributed by atoms with Crippen LogP contribution in [0.1, 0.15) is 24.0 Å². The maximum atomic E-state index is 12.9. The summed E-state index contributed by atoms with van der Waals surface area (Å²) in [6, 6.07) is 12.6. The first kappa shape index (κ1) is 20.6. The molecular formula is C23H23FN4O3. The SMILES string of the molecule is O=C(CCC1NC(=O)N(CCc2c[nH]c3ccccc23)C1=O)NCc1ccc(F)cc1. The van der Waals surface area contributed by atoms with Gasteiger partial charge < -0.3 is 15.6 Å². The van der Waals surface area contributed by atoms with Crippen LogP contribution in [0, 0.1) is 5.82 Å². The quantitative estimate of drug-likeness (QED) is 0.487. The molecular weight excluding hydrogens is 399 g/mol. The van der Waals surface area contributed by atoms with Crippen LogP contribution in [0.3, 0.4) is 0 Å². The number of imide groups is 1. The summed E-state index contributed by atoms with van der Waals surface area (Å²) >= 11 is 0. The van der Waals surface area contributed by atoms with Crippen molar-refractivity contribution in [3.63, 3.8) is 0 Å². The van der Waals surface area contributed by atoms with E-state index in [-0.39, 0.29) is 43.6 Å². The van der Waals surface area contributed by atoms with Crippen LogP contribution in [0.5, 0.6) is 0 Å². The molecule has 0 aliphatic carbocycles. The van der Waals surface area contributed by atoms with Crippen molar-refractivity contribution in [2.75, 3.05) is 6.54 Å². The smallest absolute Gasteiger partial charge is 0.324 e. The zero-order chi connectivity index (χ0) is 21.8. The highest BCUT2D eigenvalue weighted by Crippen LogP contribution is 2.19. The van der Waals surface area contributed by atoms with Crippen LogP contribution in [0.4, 0.5) is 9.18 Å². The van der Waals surface area contributed by atoms with Gasteiger partial charge in [0.05, 0.1) is 0 Å². The molecule has 3 aromatic rings. The molecule has 4 rings (SSSR count). The molecule has 3 N–H and O–H groups in total. The number of benzene rings is 2. The summed E-state index contributed by atoms with van der Waals surface area (Å²) in [4.78, 5) is 41.4. The minimum atomic E-state index is -0.702. The van der Waals surface area contributed by atoms with Gasteiger partial charge in [0, 0.05) is 36.6 Å². The number of para-hydroxylation sites is 1. The lowest BCUT2D eigenvalue weighted by atomic mass is 10.1. The molecule has 4 amide bonds. The summed E-state index contributed by atoms with van der Waals surface area (Å²) in [5, 5.41) is 6.48. The standard InChI is InChI=1S/C23H23FN4O3/c24-17-7-5-15(6-8-17)13-26-21(29)10-9-20-22(30)28(23(31)27-20)12-11-16-14-25-19-4-2-1-3-18(16)19/h1-8,14,20,25H,9-13H2,(H,26,29)(H,27,31). The van der Waals surface area contributed by atoms with E-state index >= 15 is 0 Å². The number of urea groups is 1. The van der Waals surface area contributed by atoms with Crippen LogP contribution in [0.25, 0.3) is 10.9 Å². The average Bonchev–Trinajstić information content (AvgIpc) is 3.30. The maximum Gasteiger partial charge on any atom is 0.324 e. The fourth-order valence-corrected chi connectivity index (χ4v) is 3.72. The van der Waals surface area contributed by atoms with Crippen molar-refractivity contribution in [2.45, 2.75) is 31.8 Å². The van der Waals surface area contributed by atoms with Gasteiger partial charge in [-0.3, -0.25) is 14.5 Å². The topological polar surface area (TPSA) is 94.3 Å². The fourth-order valence-electron chi connectivity index (χ4n) is 3.72. The molecule has 1 atom stereocenters. The molecule has 0 saturated carbocycles. The molecule has 1 aromatic heterocycles. The Balaban J connectivity index is 1.26. The minimum Gasteiger partial charge on any atom is -0.361 e. The maximum absolute atomic E-state index is 12.9. The normalized spacial score (nSPS) is 16.0. The number of nitrogens with one attached hydrogen (secondary N) is 3. The molecule has 2 heterocycles. The molecule has 7 nitrogen and oxygen atoms in total. The van der Waals surface area contributed by atoms with E-state index in [0.717, 1.165) is 22.0 Å². The molecule has 31 heavy (non-hydrogen) atoms. The Morgan fingerprint density at radius 2 is 1.87 bits per heavy atom. The second-order valence-electron chi connectivity index (χ2n) is 7.54. The molecule has 1 fully saturated rings. The number of hydrogen-bond acceptors (Lipinski definition) is 3. The van der Waals surface area contributed by atoms with Gasteiger partial charge in [-0.05, 0) is 42.2 Å². The monoisotopic (exact) mass is 422 g/mol. The van der Waals surface area contributed by atoms with E-state index in [0.29, 0.717) is 6.42 Å². The molecule has 0 radical (unpaired) electrons. The molecule has 1 aliphatic rings. The molecule has 0 bridgehead atoms. The van der Waals surface area contributed by atoms with Gasteiger partial charge >= 0.3 is 6.03 Å². The number of halogens is 1. The van der Waals surface area contributed by atoms with Gasteiger partial charge in [0.1, 0.15) is 11.9 Å². The number of carbonyl (C=O) groups excluding carboxylic acids is 3. The van der Waals surface area contributed by atoms with Crippen molar-refractivity contribution in [2.24, 2.45) is 0 Å². The van der Waals surface area contributed by atoms with Gasteiger partial charge in [-0.15, -0.1) is 0 Å². The molecule has 1 aliphatic heterocycles. The van der Waals surface area contributed by atoms with Crippen molar-refractivity contribution in [1.29, 1.82) is 0 Å². The molecule has 1 unspecified atom stereocenters. The van der Waals surface area contributed by atoms with E-state index in [2.05, 4.69) is 15.6 Å². The van der Waals surface area contributed by atoms with Crippen molar-refractivity contribution in [3.8, 4) is 0 Å². The van der Waals surface area contributed by atoms with Crippen molar-refractivity contribution in [1.82, 2.24) is 20.5 Å². The number of nitrogens with zero attached hydrogens (tertiary/aromatic N) is 1. The van der Waals surface area contributed by atoms with Crippen LogP contribution in [-0.2, 0) is 22.6 Å². The molecule has 0 spiro atoms. The number of amides is 4. The molecule has 8 heteroatoms. The third kappa shape index (κ3) is 4.74. The highest BCUT2D eigenvalue weighted by atomic mass is 19.1. The summed E-state index contributed by atoms with van der Waals surface area (Å²) in [7, 11) is 0. The van der Waals surface area contributed by atoms with Crippen LogP contribution in [-0.4, -0.2) is 40.3 Å². The number of H-pyrrole nitrogens is 1. The van der Waals surface area contributed by atoms with Crippen molar-refractivity contribution in [3.05, 3.63) is 71.7 Å². The van der Waals surface area contributed by atoms with E-state index in [9.17, 15) is 18.8 Å². The number of hydrogen-bond donors (Lipinski definition) is 3. The summed E-state index contributed by atoms with van der Waals surface area (Å²) in [6.07, 6.45) is 2.78. The lowest BCUT2D eigenvalue weighted by Crippen LogP contribution is -2.33. The number of carbonyl (C=O) groups is 3. The van der Waals surface area contributed by atoms with Crippen LogP contribution < -0.4 is 10.6 Å². The second-order valence-corrected chi connectivity index (χ2v) is 7.54. The third-order valence-electron chi connectivity index (χ3n) is 5.45. The van der Waals surface area contributed by atoms with Crippen molar-refractivity contribution < 1.29 is 18.8 Å². The first-order chi connectivity index (χ1) is 15.0. The first-order valence-corrected chi connectivity index (χ1v) is 10.2. The van der Waals surface area contributed by atoms with Gasteiger partial charge in [0.25, 0.3) is 5.91 Å². The van der Waals surface area contributed by atoms with Gasteiger partial charge in [-0.25, -0.2) is 9.18 Å². The Labute approximate surface area is 178 Å². The predicted molar refractivity (Wildman–Crippen MR) is 114 cm³/mol. The predicted octanol–water partition coefficient (Wildman–Crippen LogP) is 2.87. The average molecular weight is 422 g/mol. The Bertz CT molecular complexity index is 1110. The van der Waals surface area contributed by atoms with E-state index in [1.807, 2.05) is 30.5 Å². The highest BCUT2D eigenvalue weighted by Gasteiger charge is 2.37. The van der Waals surface area contributed by atoms with Gasteiger partial charge in [-0.2, -0.15) is 0 Å². The highest BCUT2D eigenvalue weighted by molar-refractivity contribution is 6.04.